The Balaban J connectivity index is 2.00. The molecule has 1 atom stereocenters. The van der Waals surface area contributed by atoms with Crippen LogP contribution in [0, 0.1) is 11.3 Å². The van der Waals surface area contributed by atoms with Crippen LogP contribution >= 0.6 is 0 Å². The van der Waals surface area contributed by atoms with Crippen LogP contribution in [0.25, 0.3) is 0 Å². The summed E-state index contributed by atoms with van der Waals surface area (Å²) in [5.41, 5.74) is 2.86. The van der Waals surface area contributed by atoms with Crippen molar-refractivity contribution in [3.05, 3.63) is 35.4 Å². The van der Waals surface area contributed by atoms with Crippen LogP contribution in [0.3, 0.4) is 0 Å². The van der Waals surface area contributed by atoms with Gasteiger partial charge in [-0.25, -0.2) is 0 Å². The molecule has 1 heterocycles. The van der Waals surface area contributed by atoms with Gasteiger partial charge in [0.1, 0.15) is 6.04 Å². The van der Waals surface area contributed by atoms with Crippen LogP contribution in [0.1, 0.15) is 11.1 Å². The van der Waals surface area contributed by atoms with E-state index in [4.69, 9.17) is 5.26 Å². The number of hydrogen-bond donors (Lipinski definition) is 1. The normalized spacial score (nSPS) is 17.5. The van der Waals surface area contributed by atoms with E-state index in [1.54, 1.807) is 0 Å². The third kappa shape index (κ3) is 2.41. The summed E-state index contributed by atoms with van der Waals surface area (Å²) in [6, 6.07) is 10.8. The molecule has 0 saturated heterocycles. The number of likely N-dealkylation sites (N-methyl/N-ethyl adjacent to an activating group) is 1. The molecule has 2 rings (SSSR count). The molecule has 3 heteroatoms. The zero-order valence-corrected chi connectivity index (χ0v) is 9.61. The van der Waals surface area contributed by atoms with Gasteiger partial charge in [0.25, 0.3) is 0 Å². The van der Waals surface area contributed by atoms with Gasteiger partial charge in [-0.15, -0.1) is 0 Å². The number of benzene rings is 1. The molecule has 0 bridgehead atoms. The second-order valence-corrected chi connectivity index (χ2v) is 4.22. The number of rotatable bonds is 3. The Morgan fingerprint density at radius 3 is 2.88 bits per heavy atom. The van der Waals surface area contributed by atoms with Gasteiger partial charge in [0.15, 0.2) is 0 Å². The van der Waals surface area contributed by atoms with Crippen molar-refractivity contribution in [2.45, 2.75) is 19.0 Å². The van der Waals surface area contributed by atoms with Crippen LogP contribution in [0.4, 0.5) is 0 Å². The van der Waals surface area contributed by atoms with Crippen LogP contribution in [-0.2, 0) is 13.0 Å². The van der Waals surface area contributed by atoms with Crippen LogP contribution in [-0.4, -0.2) is 31.1 Å². The minimum absolute atomic E-state index is 0.0646. The standard InChI is InChI=1S/C13H17N3/c1-15-13(8-14)10-16-7-6-11-4-2-3-5-12(11)9-16/h2-5,13,15H,6-7,9-10H2,1H3. The molecule has 0 spiro atoms. The molecule has 84 valence electrons. The van der Waals surface area contributed by atoms with Crippen LogP contribution in [0.2, 0.25) is 0 Å². The summed E-state index contributed by atoms with van der Waals surface area (Å²) in [6.07, 6.45) is 1.10. The van der Waals surface area contributed by atoms with E-state index in [-0.39, 0.29) is 6.04 Å². The Labute approximate surface area is 96.7 Å². The molecule has 0 amide bonds. The highest BCUT2D eigenvalue weighted by atomic mass is 15.1. The molecule has 1 N–H and O–H groups in total. The summed E-state index contributed by atoms with van der Waals surface area (Å²) in [5, 5.41) is 11.9. The van der Waals surface area contributed by atoms with Crippen molar-refractivity contribution in [1.29, 1.82) is 5.26 Å². The average Bonchev–Trinajstić information content (AvgIpc) is 2.35. The molecule has 0 saturated carbocycles. The smallest absolute Gasteiger partial charge is 0.108 e. The first-order valence-corrected chi connectivity index (χ1v) is 5.69. The summed E-state index contributed by atoms with van der Waals surface area (Å²) >= 11 is 0. The summed E-state index contributed by atoms with van der Waals surface area (Å²) < 4.78 is 0. The molecule has 1 aromatic rings. The molecule has 1 aromatic carbocycles. The van der Waals surface area contributed by atoms with E-state index in [2.05, 4.69) is 40.6 Å². The zero-order valence-electron chi connectivity index (χ0n) is 9.61. The lowest BCUT2D eigenvalue weighted by Gasteiger charge is -2.29. The molecule has 0 aliphatic carbocycles. The molecule has 16 heavy (non-hydrogen) atoms. The fourth-order valence-electron chi connectivity index (χ4n) is 2.16. The first-order chi connectivity index (χ1) is 7.83. The maximum absolute atomic E-state index is 8.91. The van der Waals surface area contributed by atoms with E-state index in [9.17, 15) is 0 Å². The van der Waals surface area contributed by atoms with Gasteiger partial charge in [-0.3, -0.25) is 4.90 Å². The third-order valence-electron chi connectivity index (χ3n) is 3.15. The van der Waals surface area contributed by atoms with Crippen molar-refractivity contribution in [2.75, 3.05) is 20.1 Å². The Morgan fingerprint density at radius 2 is 2.19 bits per heavy atom. The van der Waals surface area contributed by atoms with E-state index in [1.165, 1.54) is 11.1 Å². The number of hydrogen-bond acceptors (Lipinski definition) is 3. The summed E-state index contributed by atoms with van der Waals surface area (Å²) in [5.74, 6) is 0. The van der Waals surface area contributed by atoms with Gasteiger partial charge in [0, 0.05) is 19.6 Å². The molecule has 3 nitrogen and oxygen atoms in total. The van der Waals surface area contributed by atoms with Crippen molar-refractivity contribution in [1.82, 2.24) is 10.2 Å². The quantitative estimate of drug-likeness (QED) is 0.822. The fraction of sp³-hybridized carbons (Fsp3) is 0.462. The van der Waals surface area contributed by atoms with Crippen molar-refractivity contribution in [3.63, 3.8) is 0 Å². The van der Waals surface area contributed by atoms with Gasteiger partial charge >= 0.3 is 0 Å². The topological polar surface area (TPSA) is 39.1 Å². The molecule has 1 aliphatic heterocycles. The van der Waals surface area contributed by atoms with Crippen molar-refractivity contribution in [3.8, 4) is 6.07 Å². The zero-order chi connectivity index (χ0) is 11.4. The molecule has 1 aliphatic rings. The predicted octanol–water partition coefficient (Wildman–Crippen LogP) is 1.16. The maximum atomic E-state index is 8.91. The number of fused-ring (bicyclic) bond motifs is 1. The lowest BCUT2D eigenvalue weighted by Crippen LogP contribution is -2.41. The Bertz CT molecular complexity index is 394. The highest BCUT2D eigenvalue weighted by Crippen LogP contribution is 2.18. The Kier molecular flexibility index (Phi) is 3.55. The van der Waals surface area contributed by atoms with Gasteiger partial charge < -0.3 is 5.32 Å². The number of nitrogens with zero attached hydrogens (tertiary/aromatic N) is 2. The summed E-state index contributed by atoms with van der Waals surface area (Å²) in [6.45, 7) is 2.83. The van der Waals surface area contributed by atoms with Crippen molar-refractivity contribution < 1.29 is 0 Å². The molecular weight excluding hydrogens is 198 g/mol. The first kappa shape index (κ1) is 11.1. The van der Waals surface area contributed by atoms with Crippen molar-refractivity contribution >= 4 is 0 Å². The van der Waals surface area contributed by atoms with Crippen LogP contribution in [0.15, 0.2) is 24.3 Å². The minimum atomic E-state index is -0.0646. The highest BCUT2D eigenvalue weighted by molar-refractivity contribution is 5.29. The fourth-order valence-corrected chi connectivity index (χ4v) is 2.16. The Hall–Kier alpha value is -1.37. The van der Waals surface area contributed by atoms with Crippen LogP contribution in [0.5, 0.6) is 0 Å². The monoisotopic (exact) mass is 215 g/mol. The second kappa shape index (κ2) is 5.11. The average molecular weight is 215 g/mol. The van der Waals surface area contributed by atoms with Gasteiger partial charge in [0.05, 0.1) is 6.07 Å². The largest absolute Gasteiger partial charge is 0.304 e. The second-order valence-electron chi connectivity index (χ2n) is 4.22. The van der Waals surface area contributed by atoms with E-state index in [1.807, 2.05) is 7.05 Å². The number of nitriles is 1. The molecule has 0 fully saturated rings. The summed E-state index contributed by atoms with van der Waals surface area (Å²) in [7, 11) is 1.84. The third-order valence-corrected chi connectivity index (χ3v) is 3.15. The van der Waals surface area contributed by atoms with Gasteiger partial charge in [-0.05, 0) is 24.6 Å². The van der Waals surface area contributed by atoms with Gasteiger partial charge in [-0.1, -0.05) is 24.3 Å². The molecule has 0 radical (unpaired) electrons. The maximum Gasteiger partial charge on any atom is 0.108 e. The lowest BCUT2D eigenvalue weighted by atomic mass is 10.00. The molecule has 0 aromatic heterocycles. The Morgan fingerprint density at radius 1 is 1.44 bits per heavy atom. The predicted molar refractivity (Wildman–Crippen MR) is 63.9 cm³/mol. The SMILES string of the molecule is CNC(C#N)CN1CCc2ccccc2C1. The number of nitrogens with one attached hydrogen (secondary N) is 1. The lowest BCUT2D eigenvalue weighted by molar-refractivity contribution is 0.242. The van der Waals surface area contributed by atoms with E-state index in [0.29, 0.717) is 0 Å². The minimum Gasteiger partial charge on any atom is -0.304 e. The molecule has 1 unspecified atom stereocenters. The van der Waals surface area contributed by atoms with Gasteiger partial charge in [0.2, 0.25) is 0 Å². The van der Waals surface area contributed by atoms with Crippen LogP contribution < -0.4 is 5.32 Å². The van der Waals surface area contributed by atoms with Crippen molar-refractivity contribution in [2.24, 2.45) is 0 Å². The van der Waals surface area contributed by atoms with E-state index < -0.39 is 0 Å². The highest BCUT2D eigenvalue weighted by Gasteiger charge is 2.18. The van der Waals surface area contributed by atoms with Gasteiger partial charge in [-0.2, -0.15) is 5.26 Å². The van der Waals surface area contributed by atoms with E-state index in [0.717, 1.165) is 26.1 Å². The first-order valence-electron chi connectivity index (χ1n) is 5.69. The van der Waals surface area contributed by atoms with E-state index >= 15 is 0 Å². The molecular formula is C13H17N3. The summed E-state index contributed by atoms with van der Waals surface area (Å²) in [4.78, 5) is 2.34.